The first-order valence-corrected chi connectivity index (χ1v) is 15.1. The van der Waals surface area contributed by atoms with Crippen molar-refractivity contribution < 1.29 is 75.8 Å². The van der Waals surface area contributed by atoms with E-state index < -0.39 is 85.8 Å². The third-order valence-corrected chi connectivity index (χ3v) is 8.53. The minimum Gasteiger partial charge on any atom is -0.382 e. The van der Waals surface area contributed by atoms with E-state index >= 15 is 0 Å². The van der Waals surface area contributed by atoms with Gasteiger partial charge in [-0.25, -0.2) is 0 Å². The molecule has 2 fully saturated rings. The lowest BCUT2D eigenvalue weighted by Crippen LogP contribution is -2.63. The highest BCUT2D eigenvalue weighted by Crippen LogP contribution is 2.32. The van der Waals surface area contributed by atoms with E-state index in [2.05, 4.69) is 0 Å². The minimum atomic E-state index is -0.903. The van der Waals surface area contributed by atoms with Crippen molar-refractivity contribution in [1.29, 1.82) is 0 Å². The quantitative estimate of drug-likeness (QED) is 0.142. The van der Waals surface area contributed by atoms with Gasteiger partial charge in [0, 0.05) is 85.3 Å². The molecule has 0 aromatic carbocycles. The average molecular weight is 675 g/mol. The molecular weight excluding hydrogens is 616 g/mol. The predicted octanol–water partition coefficient (Wildman–Crippen LogP) is -0.0878. The summed E-state index contributed by atoms with van der Waals surface area (Å²) >= 11 is 0. The van der Waals surface area contributed by atoms with Gasteiger partial charge in [0.15, 0.2) is 12.6 Å². The second kappa shape index (κ2) is 22.2. The van der Waals surface area contributed by atoms with Crippen LogP contribution in [0.3, 0.4) is 0 Å². The van der Waals surface area contributed by atoms with Crippen molar-refractivity contribution in [1.82, 2.24) is 0 Å². The summed E-state index contributed by atoms with van der Waals surface area (Å²) < 4.78 is 93.6. The highest BCUT2D eigenvalue weighted by atomic mass is 16.8. The maximum atomic E-state index is 6.43. The van der Waals surface area contributed by atoms with Gasteiger partial charge in [0.2, 0.25) is 0 Å². The summed E-state index contributed by atoms with van der Waals surface area (Å²) in [5.74, 6) is 0. The SMILES string of the molecule is COCC(OC)C(OC)C(OC)C(CO[C@@H]1O[C@H](COC2OC(COC)C(OC)C(OC)C2OC)[C@@H](OC)[C@H](OC)[C@H]1OC)OC. The first kappa shape index (κ1) is 41.5. The van der Waals surface area contributed by atoms with E-state index in [0.29, 0.717) is 0 Å². The molecule has 16 heteroatoms. The summed E-state index contributed by atoms with van der Waals surface area (Å²) in [5.41, 5.74) is 0. The molecule has 0 aromatic rings. The Kier molecular flexibility index (Phi) is 20.0. The van der Waals surface area contributed by atoms with Crippen LogP contribution in [-0.4, -0.2) is 198 Å². The normalized spacial score (nSPS) is 34.7. The van der Waals surface area contributed by atoms with Gasteiger partial charge in [-0.3, -0.25) is 0 Å². The predicted molar refractivity (Wildman–Crippen MR) is 161 cm³/mol. The summed E-state index contributed by atoms with van der Waals surface area (Å²) in [5, 5.41) is 0. The molecule has 2 aliphatic heterocycles. The highest BCUT2D eigenvalue weighted by Gasteiger charge is 2.51. The molecule has 2 heterocycles. The van der Waals surface area contributed by atoms with Gasteiger partial charge in [-0.05, 0) is 0 Å². The van der Waals surface area contributed by atoms with Crippen LogP contribution in [0.15, 0.2) is 0 Å². The zero-order valence-electron chi connectivity index (χ0n) is 29.4. The van der Waals surface area contributed by atoms with E-state index in [1.807, 2.05) is 0 Å². The van der Waals surface area contributed by atoms with E-state index in [1.54, 1.807) is 85.3 Å². The molecule has 2 saturated heterocycles. The van der Waals surface area contributed by atoms with Gasteiger partial charge in [-0.15, -0.1) is 0 Å². The van der Waals surface area contributed by atoms with Crippen molar-refractivity contribution in [3.05, 3.63) is 0 Å². The van der Waals surface area contributed by atoms with Crippen LogP contribution in [-0.2, 0) is 75.8 Å². The fourth-order valence-corrected chi connectivity index (χ4v) is 6.19. The van der Waals surface area contributed by atoms with Crippen LogP contribution in [0, 0.1) is 0 Å². The molecule has 16 nitrogen and oxygen atoms in total. The Bertz CT molecular complexity index is 781. The Morgan fingerprint density at radius 2 is 0.826 bits per heavy atom. The van der Waals surface area contributed by atoms with Crippen molar-refractivity contribution in [2.45, 2.75) is 85.8 Å². The Hall–Kier alpha value is -0.640. The fraction of sp³-hybridized carbons (Fsp3) is 1.00. The molecule has 0 aromatic heterocycles. The zero-order chi connectivity index (χ0) is 34.2. The van der Waals surface area contributed by atoms with Crippen molar-refractivity contribution in [3.8, 4) is 0 Å². The molecule has 2 aliphatic rings. The Balaban J connectivity index is 2.26. The molecular formula is C30H58O16. The molecule has 2 rings (SSSR count). The van der Waals surface area contributed by atoms with Gasteiger partial charge in [0.25, 0.3) is 0 Å². The molecule has 0 amide bonds. The Morgan fingerprint density at radius 3 is 1.20 bits per heavy atom. The molecule has 0 radical (unpaired) electrons. The third kappa shape index (κ3) is 10.2. The maximum absolute atomic E-state index is 6.43. The molecule has 9 unspecified atom stereocenters. The van der Waals surface area contributed by atoms with E-state index in [1.165, 1.54) is 0 Å². The molecule has 46 heavy (non-hydrogen) atoms. The first-order chi connectivity index (χ1) is 22.3. The van der Waals surface area contributed by atoms with Crippen LogP contribution in [0.5, 0.6) is 0 Å². The smallest absolute Gasteiger partial charge is 0.187 e. The summed E-state index contributed by atoms with van der Waals surface area (Å²) in [6.07, 6.45) is -8.36. The van der Waals surface area contributed by atoms with Crippen molar-refractivity contribution in [3.63, 3.8) is 0 Å². The van der Waals surface area contributed by atoms with E-state index in [-0.39, 0.29) is 26.4 Å². The van der Waals surface area contributed by atoms with Crippen molar-refractivity contribution >= 4 is 0 Å². The van der Waals surface area contributed by atoms with Crippen LogP contribution in [0.25, 0.3) is 0 Å². The Labute approximate surface area is 273 Å². The number of hydrogen-bond acceptors (Lipinski definition) is 16. The third-order valence-electron chi connectivity index (χ3n) is 8.53. The van der Waals surface area contributed by atoms with Gasteiger partial charge in [0.05, 0.1) is 26.4 Å². The van der Waals surface area contributed by atoms with Crippen LogP contribution in [0.2, 0.25) is 0 Å². The summed E-state index contributed by atoms with van der Waals surface area (Å²) in [4.78, 5) is 0. The van der Waals surface area contributed by atoms with Crippen LogP contribution >= 0.6 is 0 Å². The monoisotopic (exact) mass is 674 g/mol. The van der Waals surface area contributed by atoms with Gasteiger partial charge >= 0.3 is 0 Å². The summed E-state index contributed by atoms with van der Waals surface area (Å²) in [7, 11) is 18.9. The average Bonchev–Trinajstić information content (AvgIpc) is 3.08. The molecule has 0 spiro atoms. The molecule has 274 valence electrons. The summed E-state index contributed by atoms with van der Waals surface area (Å²) in [6, 6.07) is 0. The second-order valence-electron chi connectivity index (χ2n) is 10.8. The minimum absolute atomic E-state index is 0.0274. The lowest BCUT2D eigenvalue weighted by molar-refractivity contribution is -0.343. The highest BCUT2D eigenvalue weighted by molar-refractivity contribution is 4.95. The van der Waals surface area contributed by atoms with Gasteiger partial charge in [-0.1, -0.05) is 0 Å². The van der Waals surface area contributed by atoms with Gasteiger partial charge in [-0.2, -0.15) is 0 Å². The number of ether oxygens (including phenoxy) is 16. The van der Waals surface area contributed by atoms with Crippen LogP contribution in [0.1, 0.15) is 0 Å². The Morgan fingerprint density at radius 1 is 0.413 bits per heavy atom. The zero-order valence-corrected chi connectivity index (χ0v) is 29.4. The molecule has 0 aliphatic carbocycles. The lowest BCUT2D eigenvalue weighted by atomic mass is 9.97. The largest absolute Gasteiger partial charge is 0.382 e. The second-order valence-corrected chi connectivity index (χ2v) is 10.8. The van der Waals surface area contributed by atoms with Crippen molar-refractivity contribution in [2.75, 3.05) is 112 Å². The maximum Gasteiger partial charge on any atom is 0.187 e. The summed E-state index contributed by atoms with van der Waals surface area (Å²) in [6.45, 7) is 0.627. The molecule has 14 atom stereocenters. The van der Waals surface area contributed by atoms with Crippen LogP contribution in [0.4, 0.5) is 0 Å². The number of hydrogen-bond donors (Lipinski definition) is 0. The van der Waals surface area contributed by atoms with Gasteiger partial charge in [0.1, 0.15) is 73.2 Å². The standard InChI is InChI=1S/C30H58O16/c1-31-13-17(33-3)21(35-5)22(36-6)18(34-4)15-43-29-28(42-12)26(40-10)24(38-8)20(46-29)16-44-30-27(41-11)25(39-9)23(37-7)19(45-30)14-32-2/h17-30H,13-16H2,1-12H3/t17?,18?,19?,20-,21?,22?,23?,24-,25?,26+,27?,28-,29-,30?/m1/s1. The lowest BCUT2D eigenvalue weighted by Gasteiger charge is -2.47. The van der Waals surface area contributed by atoms with Crippen LogP contribution < -0.4 is 0 Å². The first-order valence-electron chi connectivity index (χ1n) is 15.1. The number of rotatable bonds is 23. The molecule has 0 saturated carbocycles. The van der Waals surface area contributed by atoms with E-state index in [9.17, 15) is 0 Å². The molecule has 0 bridgehead atoms. The van der Waals surface area contributed by atoms with E-state index in [0.717, 1.165) is 0 Å². The van der Waals surface area contributed by atoms with E-state index in [4.69, 9.17) is 75.8 Å². The topological polar surface area (TPSA) is 148 Å². The number of methoxy groups -OCH3 is 12. The molecule has 0 N–H and O–H groups in total. The fourth-order valence-electron chi connectivity index (χ4n) is 6.19. The van der Waals surface area contributed by atoms with Gasteiger partial charge < -0.3 is 75.8 Å². The van der Waals surface area contributed by atoms with Crippen molar-refractivity contribution in [2.24, 2.45) is 0 Å².